The number of hydrogen-bond acceptors (Lipinski definition) is 3. The van der Waals surface area contributed by atoms with Crippen LogP contribution in [-0.4, -0.2) is 26.0 Å². The quantitative estimate of drug-likeness (QED) is 0.835. The van der Waals surface area contributed by atoms with Gasteiger partial charge in [0.2, 0.25) is 0 Å². The Morgan fingerprint density at radius 3 is 2.83 bits per heavy atom. The smallest absolute Gasteiger partial charge is 0.175 e. The third-order valence-corrected chi connectivity index (χ3v) is 3.42. The van der Waals surface area contributed by atoms with E-state index in [1.165, 1.54) is 19.2 Å². The summed E-state index contributed by atoms with van der Waals surface area (Å²) >= 11 is 0. The molecule has 1 aliphatic heterocycles. The molecule has 1 heterocycles. The molecule has 1 aromatic rings. The van der Waals surface area contributed by atoms with Gasteiger partial charge in [-0.05, 0) is 44.0 Å². The first kappa shape index (κ1) is 13.0. The van der Waals surface area contributed by atoms with Crippen molar-refractivity contribution in [3.63, 3.8) is 0 Å². The zero-order chi connectivity index (χ0) is 13.0. The lowest BCUT2D eigenvalue weighted by Gasteiger charge is -2.21. The largest absolute Gasteiger partial charge is 0.494 e. The number of ketones is 1. The molecule has 4 heteroatoms. The van der Waals surface area contributed by atoms with Crippen molar-refractivity contribution in [1.29, 1.82) is 0 Å². The molecular formula is C14H18FNO2. The molecule has 0 radical (unpaired) electrons. The van der Waals surface area contributed by atoms with Crippen LogP contribution >= 0.6 is 0 Å². The standard InChI is InChI=1S/C14H18FNO2/c1-18-13-4-2-3-11(14(13)15)12(17)9-10-5-7-16-8-6-10/h2-4,10,16H,5-9H2,1H3. The van der Waals surface area contributed by atoms with Gasteiger partial charge in [-0.15, -0.1) is 0 Å². The van der Waals surface area contributed by atoms with Gasteiger partial charge in [0, 0.05) is 6.42 Å². The van der Waals surface area contributed by atoms with E-state index in [-0.39, 0.29) is 17.1 Å². The molecule has 0 saturated carbocycles. The van der Waals surface area contributed by atoms with Crippen LogP contribution < -0.4 is 10.1 Å². The third-order valence-electron chi connectivity index (χ3n) is 3.42. The number of benzene rings is 1. The first-order valence-electron chi connectivity index (χ1n) is 6.28. The van der Waals surface area contributed by atoms with E-state index < -0.39 is 5.82 Å². The van der Waals surface area contributed by atoms with Gasteiger partial charge < -0.3 is 10.1 Å². The molecule has 0 unspecified atom stereocenters. The van der Waals surface area contributed by atoms with Crippen molar-refractivity contribution in [2.24, 2.45) is 5.92 Å². The van der Waals surface area contributed by atoms with E-state index in [0.29, 0.717) is 12.3 Å². The van der Waals surface area contributed by atoms with E-state index in [9.17, 15) is 9.18 Å². The normalized spacial score (nSPS) is 16.6. The van der Waals surface area contributed by atoms with Gasteiger partial charge in [-0.2, -0.15) is 0 Å². The highest BCUT2D eigenvalue weighted by molar-refractivity contribution is 5.96. The molecule has 18 heavy (non-hydrogen) atoms. The van der Waals surface area contributed by atoms with Crippen molar-refractivity contribution < 1.29 is 13.9 Å². The summed E-state index contributed by atoms with van der Waals surface area (Å²) in [5, 5.41) is 3.25. The molecule has 1 saturated heterocycles. The number of rotatable bonds is 4. The van der Waals surface area contributed by atoms with E-state index in [4.69, 9.17) is 4.74 Å². The molecule has 1 aliphatic rings. The predicted molar refractivity (Wildman–Crippen MR) is 67.5 cm³/mol. The predicted octanol–water partition coefficient (Wildman–Crippen LogP) is 2.41. The van der Waals surface area contributed by atoms with Gasteiger partial charge in [-0.25, -0.2) is 4.39 Å². The SMILES string of the molecule is COc1cccc(C(=O)CC2CCNCC2)c1F. The minimum Gasteiger partial charge on any atom is -0.494 e. The Kier molecular flexibility index (Phi) is 4.31. The number of piperidine rings is 1. The van der Waals surface area contributed by atoms with Crippen molar-refractivity contribution >= 4 is 5.78 Å². The maximum Gasteiger partial charge on any atom is 0.175 e. The zero-order valence-corrected chi connectivity index (χ0v) is 10.5. The van der Waals surface area contributed by atoms with Crippen LogP contribution in [-0.2, 0) is 0 Å². The Morgan fingerprint density at radius 1 is 1.44 bits per heavy atom. The van der Waals surface area contributed by atoms with Gasteiger partial charge in [0.1, 0.15) is 0 Å². The first-order valence-corrected chi connectivity index (χ1v) is 6.28. The van der Waals surface area contributed by atoms with Crippen LogP contribution in [0, 0.1) is 11.7 Å². The molecule has 3 nitrogen and oxygen atoms in total. The molecule has 1 N–H and O–H groups in total. The van der Waals surface area contributed by atoms with Crippen molar-refractivity contribution in [3.05, 3.63) is 29.6 Å². The molecule has 0 aromatic heterocycles. The fraction of sp³-hybridized carbons (Fsp3) is 0.500. The Balaban J connectivity index is 2.08. The molecule has 1 fully saturated rings. The summed E-state index contributed by atoms with van der Waals surface area (Å²) in [5.74, 6) is -0.173. The maximum atomic E-state index is 13.9. The molecule has 2 rings (SSSR count). The van der Waals surface area contributed by atoms with Crippen LogP contribution in [0.3, 0.4) is 0 Å². The van der Waals surface area contributed by atoms with Gasteiger partial charge in [0.25, 0.3) is 0 Å². The average Bonchev–Trinajstić information content (AvgIpc) is 2.40. The molecule has 0 aliphatic carbocycles. The molecule has 0 amide bonds. The Labute approximate surface area is 106 Å². The van der Waals surface area contributed by atoms with Crippen LogP contribution in [0.2, 0.25) is 0 Å². The average molecular weight is 251 g/mol. The van der Waals surface area contributed by atoms with E-state index in [2.05, 4.69) is 5.32 Å². The Morgan fingerprint density at radius 2 is 2.17 bits per heavy atom. The van der Waals surface area contributed by atoms with Gasteiger partial charge in [-0.1, -0.05) is 6.07 Å². The number of carbonyl (C=O) groups excluding carboxylic acids is 1. The van der Waals surface area contributed by atoms with Crippen LogP contribution in [0.4, 0.5) is 4.39 Å². The summed E-state index contributed by atoms with van der Waals surface area (Å²) in [5.41, 5.74) is 0.146. The van der Waals surface area contributed by atoms with Crippen LogP contribution in [0.5, 0.6) is 5.75 Å². The molecule has 1 aromatic carbocycles. The highest BCUT2D eigenvalue weighted by atomic mass is 19.1. The number of hydrogen-bond donors (Lipinski definition) is 1. The van der Waals surface area contributed by atoms with E-state index in [1.807, 2.05) is 0 Å². The van der Waals surface area contributed by atoms with Crippen molar-refractivity contribution in [1.82, 2.24) is 5.32 Å². The second-order valence-corrected chi connectivity index (χ2v) is 4.64. The van der Waals surface area contributed by atoms with Gasteiger partial charge in [-0.3, -0.25) is 4.79 Å². The number of Topliss-reactive ketones (excluding diaryl/α,β-unsaturated/α-hetero) is 1. The lowest BCUT2D eigenvalue weighted by Crippen LogP contribution is -2.29. The fourth-order valence-corrected chi connectivity index (χ4v) is 2.34. The molecule has 0 spiro atoms. The zero-order valence-electron chi connectivity index (χ0n) is 10.5. The number of nitrogens with one attached hydrogen (secondary N) is 1. The van der Waals surface area contributed by atoms with E-state index >= 15 is 0 Å². The number of methoxy groups -OCH3 is 1. The van der Waals surface area contributed by atoms with E-state index in [1.54, 1.807) is 6.07 Å². The summed E-state index contributed by atoms with van der Waals surface area (Å²) in [7, 11) is 1.40. The monoisotopic (exact) mass is 251 g/mol. The molecule has 98 valence electrons. The van der Waals surface area contributed by atoms with Gasteiger partial charge >= 0.3 is 0 Å². The minimum absolute atomic E-state index is 0.127. The third kappa shape index (κ3) is 2.88. The topological polar surface area (TPSA) is 38.3 Å². The minimum atomic E-state index is -0.543. The van der Waals surface area contributed by atoms with Crippen LogP contribution in [0.15, 0.2) is 18.2 Å². The Bertz CT molecular complexity index is 428. The summed E-state index contributed by atoms with van der Waals surface area (Å²) in [4.78, 5) is 12.1. The lowest BCUT2D eigenvalue weighted by atomic mass is 9.90. The maximum absolute atomic E-state index is 13.9. The Hall–Kier alpha value is -1.42. The highest BCUT2D eigenvalue weighted by Gasteiger charge is 2.21. The molecule has 0 bridgehead atoms. The van der Waals surface area contributed by atoms with Crippen molar-refractivity contribution in [2.45, 2.75) is 19.3 Å². The second-order valence-electron chi connectivity index (χ2n) is 4.64. The summed E-state index contributed by atoms with van der Waals surface area (Å²) in [6, 6.07) is 4.70. The lowest BCUT2D eigenvalue weighted by molar-refractivity contribution is 0.0947. The second kappa shape index (κ2) is 5.96. The number of ether oxygens (including phenoxy) is 1. The highest BCUT2D eigenvalue weighted by Crippen LogP contribution is 2.24. The van der Waals surface area contributed by atoms with Gasteiger partial charge in [0.05, 0.1) is 12.7 Å². The summed E-state index contributed by atoms with van der Waals surface area (Å²) in [6.45, 7) is 1.89. The fourth-order valence-electron chi connectivity index (χ4n) is 2.34. The van der Waals surface area contributed by atoms with Crippen molar-refractivity contribution in [3.8, 4) is 5.75 Å². The number of halogens is 1. The van der Waals surface area contributed by atoms with Crippen molar-refractivity contribution in [2.75, 3.05) is 20.2 Å². The van der Waals surface area contributed by atoms with Crippen LogP contribution in [0.1, 0.15) is 29.6 Å². The first-order chi connectivity index (χ1) is 8.72. The van der Waals surface area contributed by atoms with Crippen LogP contribution in [0.25, 0.3) is 0 Å². The molecular weight excluding hydrogens is 233 g/mol. The summed E-state index contributed by atoms with van der Waals surface area (Å²) < 4.78 is 18.8. The summed E-state index contributed by atoms with van der Waals surface area (Å²) in [6.07, 6.45) is 2.39. The number of carbonyl (C=O) groups is 1. The van der Waals surface area contributed by atoms with Gasteiger partial charge in [0.15, 0.2) is 17.3 Å². The molecule has 0 atom stereocenters. The van der Waals surface area contributed by atoms with E-state index in [0.717, 1.165) is 25.9 Å².